The fraction of sp³-hybridized carbons (Fsp3) is 0.312. The van der Waals surface area contributed by atoms with Crippen LogP contribution in [0.5, 0.6) is 5.75 Å². The van der Waals surface area contributed by atoms with Crippen LogP contribution in [0.4, 0.5) is 8.78 Å². The fourth-order valence-electron chi connectivity index (χ4n) is 6.05. The highest BCUT2D eigenvalue weighted by Gasteiger charge is 2.29. The normalized spacial score (nSPS) is 17.0. The van der Waals surface area contributed by atoms with Gasteiger partial charge in [0.15, 0.2) is 5.65 Å². The number of nitriles is 1. The zero-order valence-corrected chi connectivity index (χ0v) is 25.0. The largest absolute Gasteiger partial charge is 0.435 e. The van der Waals surface area contributed by atoms with Gasteiger partial charge in [-0.05, 0) is 67.5 Å². The standard InChI is InChI=1S/C32H30F2N6O4S/c33-32(34)44-24-12-8-22(9-13-24)19-36-29(41)18-28-38-27-20-37-31-26(15-17-39(31)45(42,43)25-4-2-1-3-5-25)30(27)40(28)23-10-6-21(7-11-23)14-16-35/h1-5,8-9,12-13,15,17,20-21,23,32H,6-7,10-11,14,18-19H2,(H,36,41)/t21-,23-. The van der Waals surface area contributed by atoms with Crippen molar-refractivity contribution in [2.24, 2.45) is 5.92 Å². The highest BCUT2D eigenvalue weighted by molar-refractivity contribution is 7.90. The molecule has 232 valence electrons. The summed E-state index contributed by atoms with van der Waals surface area (Å²) in [6.45, 7) is -2.74. The van der Waals surface area contributed by atoms with E-state index >= 15 is 0 Å². The molecule has 5 aromatic rings. The quantitative estimate of drug-likeness (QED) is 0.208. The summed E-state index contributed by atoms with van der Waals surface area (Å²) in [6.07, 6.45) is 6.76. The monoisotopic (exact) mass is 632 g/mol. The highest BCUT2D eigenvalue weighted by Crippen LogP contribution is 2.38. The minimum atomic E-state index is -3.91. The molecule has 0 spiro atoms. The van der Waals surface area contributed by atoms with E-state index < -0.39 is 16.6 Å². The minimum absolute atomic E-state index is 0.00481. The third-order valence-electron chi connectivity index (χ3n) is 8.22. The van der Waals surface area contributed by atoms with E-state index in [9.17, 15) is 27.3 Å². The van der Waals surface area contributed by atoms with Gasteiger partial charge in [0.1, 0.15) is 17.1 Å². The maximum atomic E-state index is 13.5. The molecule has 0 unspecified atom stereocenters. The third kappa shape index (κ3) is 6.23. The van der Waals surface area contributed by atoms with Crippen LogP contribution in [0.1, 0.15) is 49.5 Å². The van der Waals surface area contributed by atoms with E-state index in [2.05, 4.69) is 25.7 Å². The van der Waals surface area contributed by atoms with Crippen LogP contribution in [0, 0.1) is 17.2 Å². The van der Waals surface area contributed by atoms with Gasteiger partial charge < -0.3 is 14.6 Å². The maximum Gasteiger partial charge on any atom is 0.387 e. The molecule has 45 heavy (non-hydrogen) atoms. The number of ether oxygens (including phenoxy) is 1. The molecule has 1 saturated carbocycles. The predicted octanol–water partition coefficient (Wildman–Crippen LogP) is 5.73. The Balaban J connectivity index is 1.33. The number of amides is 1. The van der Waals surface area contributed by atoms with Gasteiger partial charge in [-0.2, -0.15) is 14.0 Å². The number of carbonyl (C=O) groups excluding carboxylic acids is 1. The number of imidazole rings is 1. The van der Waals surface area contributed by atoms with Crippen molar-refractivity contribution in [3.8, 4) is 11.8 Å². The predicted molar refractivity (Wildman–Crippen MR) is 162 cm³/mol. The number of rotatable bonds is 10. The number of aromatic nitrogens is 4. The summed E-state index contributed by atoms with van der Waals surface area (Å²) >= 11 is 0. The summed E-state index contributed by atoms with van der Waals surface area (Å²) in [4.78, 5) is 22.6. The molecule has 1 aliphatic carbocycles. The van der Waals surface area contributed by atoms with E-state index in [0.717, 1.165) is 25.7 Å². The Morgan fingerprint density at radius 3 is 2.49 bits per heavy atom. The molecule has 1 fully saturated rings. The molecule has 0 aliphatic heterocycles. The Morgan fingerprint density at radius 1 is 1.07 bits per heavy atom. The number of benzene rings is 2. The number of nitrogens with one attached hydrogen (secondary N) is 1. The summed E-state index contributed by atoms with van der Waals surface area (Å²) in [5.74, 6) is 0.582. The average Bonchev–Trinajstić information content (AvgIpc) is 3.63. The Bertz CT molecular complexity index is 1980. The summed E-state index contributed by atoms with van der Waals surface area (Å²) in [6, 6.07) is 18.2. The van der Waals surface area contributed by atoms with Crippen molar-refractivity contribution < 1.29 is 26.7 Å². The molecule has 0 atom stereocenters. The molecule has 1 amide bonds. The zero-order valence-electron chi connectivity index (χ0n) is 24.1. The van der Waals surface area contributed by atoms with Crippen LogP contribution in [0.3, 0.4) is 0 Å². The number of halogens is 2. The SMILES string of the molecule is N#CC[C@H]1CC[C@H](n2c(CC(=O)NCc3ccc(OC(F)F)cc3)nc3cnc4c(ccn4S(=O)(=O)c4ccccc4)c32)CC1. The molecule has 1 N–H and O–H groups in total. The maximum absolute atomic E-state index is 13.5. The van der Waals surface area contributed by atoms with Crippen molar-refractivity contribution in [2.45, 2.75) is 62.6 Å². The Hall–Kier alpha value is -4.83. The van der Waals surface area contributed by atoms with Crippen molar-refractivity contribution in [1.29, 1.82) is 5.26 Å². The second-order valence-corrected chi connectivity index (χ2v) is 12.9. The molecule has 10 nitrogen and oxygen atoms in total. The molecule has 3 aromatic heterocycles. The number of pyridine rings is 1. The molecular weight excluding hydrogens is 602 g/mol. The summed E-state index contributed by atoms with van der Waals surface area (Å²) < 4.78 is 59.5. The molecule has 0 saturated heterocycles. The van der Waals surface area contributed by atoms with Crippen molar-refractivity contribution in [3.63, 3.8) is 0 Å². The molecule has 6 rings (SSSR count). The average molecular weight is 633 g/mol. The lowest BCUT2D eigenvalue weighted by molar-refractivity contribution is -0.120. The first-order valence-corrected chi connectivity index (χ1v) is 16.0. The molecule has 3 heterocycles. The first kappa shape index (κ1) is 30.2. The second kappa shape index (κ2) is 12.6. The van der Waals surface area contributed by atoms with Crippen LogP contribution < -0.4 is 10.1 Å². The minimum Gasteiger partial charge on any atom is -0.435 e. The van der Waals surface area contributed by atoms with E-state index in [1.165, 1.54) is 40.6 Å². The van der Waals surface area contributed by atoms with Gasteiger partial charge >= 0.3 is 6.61 Å². The van der Waals surface area contributed by atoms with Crippen LogP contribution in [0.25, 0.3) is 22.1 Å². The van der Waals surface area contributed by atoms with Crippen LogP contribution in [-0.4, -0.2) is 39.4 Å². The number of hydrogen-bond donors (Lipinski definition) is 1. The van der Waals surface area contributed by atoms with Crippen LogP contribution in [-0.2, 0) is 27.8 Å². The number of fused-ring (bicyclic) bond motifs is 3. The second-order valence-electron chi connectivity index (χ2n) is 11.1. The van der Waals surface area contributed by atoms with Gasteiger partial charge in [0, 0.05) is 30.6 Å². The van der Waals surface area contributed by atoms with Gasteiger partial charge in [0.25, 0.3) is 10.0 Å². The summed E-state index contributed by atoms with van der Waals surface area (Å²) in [7, 11) is -3.91. The molecular formula is C32H30F2N6O4S. The van der Waals surface area contributed by atoms with Crippen LogP contribution in [0.15, 0.2) is 78.0 Å². The lowest BCUT2D eigenvalue weighted by Crippen LogP contribution is -2.27. The lowest BCUT2D eigenvalue weighted by atomic mass is 9.84. The van der Waals surface area contributed by atoms with Gasteiger partial charge in [-0.15, -0.1) is 0 Å². The van der Waals surface area contributed by atoms with Crippen LogP contribution >= 0.6 is 0 Å². The van der Waals surface area contributed by atoms with E-state index in [1.807, 2.05) is 0 Å². The van der Waals surface area contributed by atoms with Gasteiger partial charge in [0.05, 0.1) is 29.1 Å². The molecule has 2 aromatic carbocycles. The Morgan fingerprint density at radius 2 is 1.80 bits per heavy atom. The summed E-state index contributed by atoms with van der Waals surface area (Å²) in [5, 5.41) is 12.7. The van der Waals surface area contributed by atoms with Crippen molar-refractivity contribution in [2.75, 3.05) is 0 Å². The number of hydrogen-bond acceptors (Lipinski definition) is 7. The van der Waals surface area contributed by atoms with Gasteiger partial charge in [0.2, 0.25) is 5.91 Å². The van der Waals surface area contributed by atoms with E-state index in [-0.39, 0.29) is 41.2 Å². The molecule has 0 radical (unpaired) electrons. The molecule has 0 bridgehead atoms. The number of alkyl halides is 2. The Kier molecular flexibility index (Phi) is 8.49. The zero-order chi connectivity index (χ0) is 31.6. The fourth-order valence-corrected chi connectivity index (χ4v) is 7.37. The smallest absolute Gasteiger partial charge is 0.387 e. The first-order chi connectivity index (χ1) is 21.7. The number of nitrogens with zero attached hydrogens (tertiary/aromatic N) is 5. The molecule has 13 heteroatoms. The third-order valence-corrected chi connectivity index (χ3v) is 9.90. The van der Waals surface area contributed by atoms with Gasteiger partial charge in [-0.3, -0.25) is 4.79 Å². The first-order valence-electron chi connectivity index (χ1n) is 14.6. The lowest BCUT2D eigenvalue weighted by Gasteiger charge is -2.30. The number of carbonyl (C=O) groups is 1. The Labute approximate surface area is 258 Å². The van der Waals surface area contributed by atoms with Crippen molar-refractivity contribution in [1.82, 2.24) is 23.8 Å². The topological polar surface area (TPSA) is 132 Å². The van der Waals surface area contributed by atoms with E-state index in [4.69, 9.17) is 4.98 Å². The highest BCUT2D eigenvalue weighted by atomic mass is 32.2. The molecule has 1 aliphatic rings. The van der Waals surface area contributed by atoms with Crippen molar-refractivity contribution in [3.05, 3.63) is 84.4 Å². The van der Waals surface area contributed by atoms with Crippen LogP contribution in [0.2, 0.25) is 0 Å². The van der Waals surface area contributed by atoms with Gasteiger partial charge in [-0.25, -0.2) is 22.4 Å². The van der Waals surface area contributed by atoms with Gasteiger partial charge in [-0.1, -0.05) is 30.3 Å². The summed E-state index contributed by atoms with van der Waals surface area (Å²) in [5.41, 5.74) is 2.24. The van der Waals surface area contributed by atoms with Crippen molar-refractivity contribution >= 4 is 38.0 Å². The van der Waals surface area contributed by atoms with E-state index in [0.29, 0.717) is 40.1 Å². The van der Waals surface area contributed by atoms with E-state index in [1.54, 1.807) is 36.4 Å².